The second-order valence-corrected chi connectivity index (χ2v) is 7.95. The minimum atomic E-state index is -2.66. The van der Waals surface area contributed by atoms with Crippen LogP contribution in [-0.4, -0.2) is 47.5 Å². The number of ether oxygens (including phenoxy) is 3. The Balaban J connectivity index is 2.30. The van der Waals surface area contributed by atoms with E-state index in [1.54, 1.807) is 0 Å². The molecule has 1 aliphatic heterocycles. The molecule has 0 radical (unpaired) electrons. The Hall–Kier alpha value is -0.0231. The van der Waals surface area contributed by atoms with E-state index in [0.29, 0.717) is 19.3 Å². The molecule has 1 saturated heterocycles. The fourth-order valence-electron chi connectivity index (χ4n) is 2.35. The lowest BCUT2D eigenvalue weighted by Gasteiger charge is -2.35. The van der Waals surface area contributed by atoms with Crippen molar-refractivity contribution in [3.8, 4) is 0 Å². The van der Waals surface area contributed by atoms with E-state index in [1.165, 1.54) is 0 Å². The van der Waals surface area contributed by atoms with Crippen LogP contribution in [0.4, 0.5) is 0 Å². The van der Waals surface area contributed by atoms with E-state index in [1.807, 2.05) is 20.8 Å². The van der Waals surface area contributed by atoms with Crippen molar-refractivity contribution in [2.24, 2.45) is 0 Å². The summed E-state index contributed by atoms with van der Waals surface area (Å²) in [5, 5.41) is 0. The summed E-state index contributed by atoms with van der Waals surface area (Å²) < 4.78 is 34.2. The highest BCUT2D eigenvalue weighted by Gasteiger charge is 2.41. The molecule has 0 aromatic heterocycles. The molecule has 7 heteroatoms. The average Bonchev–Trinajstić information content (AvgIpc) is 2.42. The molecule has 0 aromatic carbocycles. The lowest BCUT2D eigenvalue weighted by molar-refractivity contribution is -0.297. The van der Waals surface area contributed by atoms with E-state index < -0.39 is 15.1 Å². The van der Waals surface area contributed by atoms with Crippen molar-refractivity contribution in [2.45, 2.75) is 78.6 Å². The molecule has 3 atom stereocenters. The number of hydrogen-bond acceptors (Lipinski definition) is 6. The Morgan fingerprint density at radius 1 is 1.14 bits per heavy atom. The van der Waals surface area contributed by atoms with Gasteiger partial charge in [-0.1, -0.05) is 20.3 Å². The van der Waals surface area contributed by atoms with Gasteiger partial charge in [-0.05, 0) is 27.2 Å². The van der Waals surface area contributed by atoms with Gasteiger partial charge in [0.2, 0.25) is 0 Å². The van der Waals surface area contributed by atoms with Crippen LogP contribution in [0.2, 0.25) is 6.04 Å². The molecule has 22 heavy (non-hydrogen) atoms. The van der Waals surface area contributed by atoms with Crippen LogP contribution in [0, 0.1) is 0 Å². The first-order valence-corrected chi connectivity index (χ1v) is 10.4. The van der Waals surface area contributed by atoms with Gasteiger partial charge in [0.1, 0.15) is 0 Å². The summed E-state index contributed by atoms with van der Waals surface area (Å²) in [6, 6.07) is 0.785. The minimum absolute atomic E-state index is 0.145. The van der Waals surface area contributed by atoms with Crippen molar-refractivity contribution in [2.75, 3.05) is 20.0 Å². The van der Waals surface area contributed by atoms with Crippen LogP contribution in [0.25, 0.3) is 0 Å². The topological polar surface area (TPSA) is 55.4 Å². The zero-order valence-electron chi connectivity index (χ0n) is 14.6. The summed E-state index contributed by atoms with van der Waals surface area (Å²) >= 11 is 0. The summed E-state index contributed by atoms with van der Waals surface area (Å²) in [7, 11) is -2.66. The number of rotatable bonds is 13. The van der Waals surface area contributed by atoms with Gasteiger partial charge in [0.05, 0.1) is 6.10 Å². The van der Waals surface area contributed by atoms with Gasteiger partial charge in [0.25, 0.3) is 0 Å². The summed E-state index contributed by atoms with van der Waals surface area (Å²) in [6.45, 7) is 11.2. The summed E-state index contributed by atoms with van der Waals surface area (Å²) in [4.78, 5) is 0. The zero-order valence-corrected chi connectivity index (χ0v) is 15.6. The third-order valence-corrected chi connectivity index (χ3v) is 6.70. The highest BCUT2D eigenvalue weighted by atomic mass is 28.4. The van der Waals surface area contributed by atoms with Crippen molar-refractivity contribution in [3.05, 3.63) is 0 Å². The second kappa shape index (κ2) is 10.7. The molecular weight excluding hydrogens is 304 g/mol. The van der Waals surface area contributed by atoms with Gasteiger partial charge >= 0.3 is 8.80 Å². The predicted octanol–water partition coefficient (Wildman–Crippen LogP) is 3.29. The van der Waals surface area contributed by atoms with Crippen LogP contribution in [0.15, 0.2) is 0 Å². The molecule has 0 aromatic rings. The lowest BCUT2D eigenvalue weighted by atomic mass is 10.1. The van der Waals surface area contributed by atoms with E-state index in [9.17, 15) is 0 Å². The molecule has 1 rings (SSSR count). The monoisotopic (exact) mass is 336 g/mol. The van der Waals surface area contributed by atoms with Crippen molar-refractivity contribution < 1.29 is 27.5 Å². The van der Waals surface area contributed by atoms with Crippen LogP contribution in [0.5, 0.6) is 0 Å². The molecule has 6 nitrogen and oxygen atoms in total. The van der Waals surface area contributed by atoms with E-state index in [-0.39, 0.29) is 13.1 Å². The third kappa shape index (κ3) is 6.62. The van der Waals surface area contributed by atoms with Crippen LogP contribution in [-0.2, 0) is 27.5 Å². The maximum Gasteiger partial charge on any atom is 0.502 e. The van der Waals surface area contributed by atoms with Crippen molar-refractivity contribution in [1.29, 1.82) is 0 Å². The first-order valence-electron chi connectivity index (χ1n) is 8.43. The zero-order chi connectivity index (χ0) is 16.4. The standard InChI is InChI=1S/C15H32O6Si/c1-6-10-22(18-8-3,19-9-4)21-13(5)16-12-17-15-11-14(7-2)20-15/h13-15H,6-12H2,1-5H3. The van der Waals surface area contributed by atoms with Crippen LogP contribution < -0.4 is 0 Å². The van der Waals surface area contributed by atoms with Gasteiger partial charge < -0.3 is 27.5 Å². The second-order valence-electron chi connectivity index (χ2n) is 5.27. The first-order chi connectivity index (χ1) is 10.6. The largest absolute Gasteiger partial charge is 0.502 e. The summed E-state index contributed by atoms with van der Waals surface area (Å²) in [6.07, 6.45) is 2.66. The molecule has 3 unspecified atom stereocenters. The third-order valence-electron chi connectivity index (χ3n) is 3.44. The van der Waals surface area contributed by atoms with E-state index in [2.05, 4.69) is 13.8 Å². The van der Waals surface area contributed by atoms with Crippen LogP contribution in [0.3, 0.4) is 0 Å². The molecule has 0 N–H and O–H groups in total. The van der Waals surface area contributed by atoms with Gasteiger partial charge in [0, 0.05) is 25.7 Å². The molecule has 132 valence electrons. The van der Waals surface area contributed by atoms with Crippen molar-refractivity contribution >= 4 is 8.80 Å². The molecule has 1 heterocycles. The first kappa shape index (κ1) is 20.0. The van der Waals surface area contributed by atoms with Crippen LogP contribution in [0.1, 0.15) is 53.9 Å². The Morgan fingerprint density at radius 2 is 1.77 bits per heavy atom. The number of hydrogen-bond donors (Lipinski definition) is 0. The molecule has 0 bridgehead atoms. The average molecular weight is 337 g/mol. The molecule has 0 spiro atoms. The van der Waals surface area contributed by atoms with Gasteiger partial charge in [-0.15, -0.1) is 0 Å². The Labute approximate surface area is 135 Å². The molecule has 0 aliphatic carbocycles. The van der Waals surface area contributed by atoms with Gasteiger partial charge in [-0.25, -0.2) is 0 Å². The minimum Gasteiger partial charge on any atom is -0.374 e. The van der Waals surface area contributed by atoms with E-state index in [4.69, 9.17) is 27.5 Å². The van der Waals surface area contributed by atoms with Gasteiger partial charge in [0.15, 0.2) is 19.4 Å². The highest BCUT2D eigenvalue weighted by molar-refractivity contribution is 6.60. The molecule has 0 saturated carbocycles. The Morgan fingerprint density at radius 3 is 2.27 bits per heavy atom. The SMILES string of the molecule is CCC[Si](OCC)(OCC)OC(C)OCOC1CC(CC)O1. The molecule has 1 aliphatic rings. The summed E-state index contributed by atoms with van der Waals surface area (Å²) in [5.74, 6) is 0. The Bertz CT molecular complexity index is 268. The van der Waals surface area contributed by atoms with E-state index >= 15 is 0 Å². The Kier molecular flexibility index (Phi) is 9.73. The maximum atomic E-state index is 5.99. The van der Waals surface area contributed by atoms with Gasteiger partial charge in [-0.2, -0.15) is 0 Å². The van der Waals surface area contributed by atoms with Crippen LogP contribution >= 0.6 is 0 Å². The normalized spacial score (nSPS) is 23.3. The fraction of sp³-hybridized carbons (Fsp3) is 1.00. The molecule has 1 fully saturated rings. The fourth-order valence-corrected chi connectivity index (χ4v) is 5.04. The molecule has 0 amide bonds. The van der Waals surface area contributed by atoms with Gasteiger partial charge in [-0.3, -0.25) is 0 Å². The quantitative estimate of drug-likeness (QED) is 0.380. The predicted molar refractivity (Wildman–Crippen MR) is 85.3 cm³/mol. The highest BCUT2D eigenvalue weighted by Crippen LogP contribution is 2.24. The smallest absolute Gasteiger partial charge is 0.374 e. The lowest BCUT2D eigenvalue weighted by Crippen LogP contribution is -2.48. The summed E-state index contributed by atoms with van der Waals surface area (Å²) in [5.41, 5.74) is 0. The maximum absolute atomic E-state index is 5.99. The van der Waals surface area contributed by atoms with Crippen molar-refractivity contribution in [1.82, 2.24) is 0 Å². The van der Waals surface area contributed by atoms with E-state index in [0.717, 1.165) is 25.3 Å². The van der Waals surface area contributed by atoms with Crippen molar-refractivity contribution in [3.63, 3.8) is 0 Å². The molecular formula is C15H32O6Si.